The van der Waals surface area contributed by atoms with Crippen LogP contribution in [0.2, 0.25) is 0 Å². The zero-order valence-corrected chi connectivity index (χ0v) is 11.5. The molecule has 0 aromatic carbocycles. The molecule has 1 fully saturated rings. The fourth-order valence-corrected chi connectivity index (χ4v) is 2.00. The number of halogens is 1. The summed E-state index contributed by atoms with van der Waals surface area (Å²) in [5.41, 5.74) is -0.841. The predicted molar refractivity (Wildman–Crippen MR) is 67.3 cm³/mol. The molecule has 21 heavy (non-hydrogen) atoms. The van der Waals surface area contributed by atoms with Gasteiger partial charge in [0.2, 0.25) is 5.88 Å². The quantitative estimate of drug-likeness (QED) is 0.649. The molecule has 0 unspecified atom stereocenters. The average Bonchev–Trinajstić information content (AvgIpc) is 2.64. The molecule has 0 amide bonds. The maximum Gasteiger partial charge on any atom is 0.353 e. The number of hydrogen-bond donors (Lipinski definition) is 3. The summed E-state index contributed by atoms with van der Waals surface area (Å²) in [4.78, 5) is 15.5. The molecule has 0 aliphatic carbocycles. The summed E-state index contributed by atoms with van der Waals surface area (Å²) < 4.78 is 24.8. The Morgan fingerprint density at radius 3 is 2.71 bits per heavy atom. The summed E-state index contributed by atoms with van der Waals surface area (Å²) in [7, 11) is 0. The van der Waals surface area contributed by atoms with Gasteiger partial charge in [0.15, 0.2) is 6.23 Å². The van der Waals surface area contributed by atoms with Crippen LogP contribution < -0.4 is 10.4 Å². The van der Waals surface area contributed by atoms with Gasteiger partial charge in [-0.05, 0) is 13.8 Å². The van der Waals surface area contributed by atoms with Gasteiger partial charge in [0.1, 0.15) is 18.8 Å². The van der Waals surface area contributed by atoms with Gasteiger partial charge in [0.05, 0.1) is 6.10 Å². The Bertz CT molecular complexity index is 565. The summed E-state index contributed by atoms with van der Waals surface area (Å²) in [5, 5.41) is 28.2. The topological polar surface area (TPSA) is 114 Å². The lowest BCUT2D eigenvalue weighted by atomic mass is 10.1. The lowest BCUT2D eigenvalue weighted by Gasteiger charge is -2.20. The second-order valence-corrected chi connectivity index (χ2v) is 5.01. The fourth-order valence-electron chi connectivity index (χ4n) is 2.00. The van der Waals surface area contributed by atoms with Crippen molar-refractivity contribution in [2.24, 2.45) is 0 Å². The van der Waals surface area contributed by atoms with Crippen molar-refractivity contribution in [1.29, 1.82) is 0 Å². The van der Waals surface area contributed by atoms with Crippen LogP contribution in [0.5, 0.6) is 5.88 Å². The highest BCUT2D eigenvalue weighted by Gasteiger charge is 2.55. The molecule has 2 heterocycles. The number of nitrogens with zero attached hydrogens (tertiary/aromatic N) is 2. The Morgan fingerprint density at radius 2 is 2.24 bits per heavy atom. The lowest BCUT2D eigenvalue weighted by Crippen LogP contribution is -2.42. The van der Waals surface area contributed by atoms with Crippen molar-refractivity contribution in [3.63, 3.8) is 0 Å². The first-order chi connectivity index (χ1) is 9.78. The summed E-state index contributed by atoms with van der Waals surface area (Å²) in [6.45, 7) is 2.36. The fraction of sp³-hybridized carbons (Fsp3) is 0.667. The summed E-state index contributed by atoms with van der Waals surface area (Å²) in [6, 6.07) is 1.35. The highest BCUT2D eigenvalue weighted by Crippen LogP contribution is 2.37. The lowest BCUT2D eigenvalue weighted by molar-refractivity contribution is -0.207. The van der Waals surface area contributed by atoms with Crippen molar-refractivity contribution < 1.29 is 29.2 Å². The first-order valence-electron chi connectivity index (χ1n) is 6.38. The van der Waals surface area contributed by atoms with Gasteiger partial charge < -0.3 is 24.8 Å². The monoisotopic (exact) mass is 304 g/mol. The molecule has 1 saturated heterocycles. The number of ether oxygens (including phenoxy) is 2. The molecular weight excluding hydrogens is 287 g/mol. The molecule has 0 saturated carbocycles. The molecule has 1 aromatic rings. The van der Waals surface area contributed by atoms with Gasteiger partial charge in [-0.2, -0.15) is 4.98 Å². The standard InChI is InChI=1S/C12H17FN2O6/c1-6(2)20-7-3-4-15(11(19)14-7)10-8(17)9(18)12(13,5-16)21-10/h3-4,6,8-10,16-18H,5H2,1-2H3/t8-,9+,10-,12-/m1/s1. The number of aliphatic hydroxyl groups is 3. The summed E-state index contributed by atoms with van der Waals surface area (Å²) in [5.74, 6) is -2.76. The molecule has 0 radical (unpaired) electrons. The van der Waals surface area contributed by atoms with Crippen molar-refractivity contribution in [1.82, 2.24) is 9.55 Å². The zero-order valence-electron chi connectivity index (χ0n) is 11.5. The molecular formula is C12H17FN2O6. The average molecular weight is 304 g/mol. The van der Waals surface area contributed by atoms with Crippen molar-refractivity contribution >= 4 is 0 Å². The molecule has 4 atom stereocenters. The van der Waals surface area contributed by atoms with Crippen molar-refractivity contribution in [2.45, 2.75) is 44.2 Å². The van der Waals surface area contributed by atoms with E-state index in [0.717, 1.165) is 4.57 Å². The van der Waals surface area contributed by atoms with E-state index in [1.54, 1.807) is 13.8 Å². The van der Waals surface area contributed by atoms with E-state index >= 15 is 0 Å². The van der Waals surface area contributed by atoms with E-state index in [1.807, 2.05) is 0 Å². The molecule has 2 rings (SSSR count). The Hall–Kier alpha value is -1.55. The highest BCUT2D eigenvalue weighted by atomic mass is 19.2. The van der Waals surface area contributed by atoms with Gasteiger partial charge in [-0.15, -0.1) is 0 Å². The molecule has 0 spiro atoms. The Labute approximate surface area is 119 Å². The van der Waals surface area contributed by atoms with Gasteiger partial charge in [-0.3, -0.25) is 4.57 Å². The number of rotatable bonds is 4. The van der Waals surface area contributed by atoms with Gasteiger partial charge in [-0.25, -0.2) is 9.18 Å². The second-order valence-electron chi connectivity index (χ2n) is 5.01. The van der Waals surface area contributed by atoms with Gasteiger partial charge in [0.25, 0.3) is 5.85 Å². The second kappa shape index (κ2) is 5.68. The molecule has 3 N–H and O–H groups in total. The van der Waals surface area contributed by atoms with Crippen LogP contribution in [0.1, 0.15) is 20.1 Å². The Morgan fingerprint density at radius 1 is 1.57 bits per heavy atom. The molecule has 0 bridgehead atoms. The zero-order chi connectivity index (χ0) is 15.8. The molecule has 1 aliphatic rings. The van der Waals surface area contributed by atoms with Crippen LogP contribution in [0, 0.1) is 0 Å². The van der Waals surface area contributed by atoms with E-state index in [9.17, 15) is 19.4 Å². The summed E-state index contributed by atoms with van der Waals surface area (Å²) >= 11 is 0. The van der Waals surface area contributed by atoms with Gasteiger partial charge in [-0.1, -0.05) is 0 Å². The van der Waals surface area contributed by atoms with Crippen molar-refractivity contribution in [3.8, 4) is 5.88 Å². The minimum absolute atomic E-state index is 0.0768. The van der Waals surface area contributed by atoms with Crippen LogP contribution in [0.3, 0.4) is 0 Å². The van der Waals surface area contributed by atoms with Crippen LogP contribution in [-0.4, -0.2) is 55.6 Å². The minimum atomic E-state index is -2.84. The van der Waals surface area contributed by atoms with E-state index < -0.39 is 36.6 Å². The van der Waals surface area contributed by atoms with Gasteiger partial charge in [0, 0.05) is 12.3 Å². The first-order valence-corrected chi connectivity index (χ1v) is 6.38. The van der Waals surface area contributed by atoms with Crippen molar-refractivity contribution in [3.05, 3.63) is 22.7 Å². The molecule has 118 valence electrons. The largest absolute Gasteiger partial charge is 0.475 e. The first kappa shape index (κ1) is 15.8. The SMILES string of the molecule is CC(C)Oc1ccn([C@@H]2O[C@](F)(CO)[C@@H](O)[C@H]2O)c(=O)n1. The summed E-state index contributed by atoms with van der Waals surface area (Å²) in [6.07, 6.45) is -4.18. The van der Waals surface area contributed by atoms with E-state index in [2.05, 4.69) is 4.98 Å². The van der Waals surface area contributed by atoms with Crippen LogP contribution in [0.4, 0.5) is 4.39 Å². The third-order valence-corrected chi connectivity index (χ3v) is 3.02. The predicted octanol–water partition coefficient (Wildman–Crippen LogP) is -1.06. The van der Waals surface area contributed by atoms with E-state index in [0.29, 0.717) is 0 Å². The van der Waals surface area contributed by atoms with E-state index in [4.69, 9.17) is 14.6 Å². The minimum Gasteiger partial charge on any atom is -0.475 e. The Balaban J connectivity index is 2.29. The third kappa shape index (κ3) is 2.91. The molecule has 1 aliphatic heterocycles. The van der Waals surface area contributed by atoms with E-state index in [-0.39, 0.29) is 12.0 Å². The van der Waals surface area contributed by atoms with Crippen LogP contribution in [0.25, 0.3) is 0 Å². The van der Waals surface area contributed by atoms with Crippen LogP contribution in [0.15, 0.2) is 17.1 Å². The van der Waals surface area contributed by atoms with Gasteiger partial charge >= 0.3 is 5.69 Å². The van der Waals surface area contributed by atoms with Crippen LogP contribution in [-0.2, 0) is 4.74 Å². The van der Waals surface area contributed by atoms with E-state index in [1.165, 1.54) is 12.3 Å². The third-order valence-electron chi connectivity index (χ3n) is 3.02. The number of aromatic nitrogens is 2. The molecule has 9 heteroatoms. The maximum atomic E-state index is 14.0. The maximum absolute atomic E-state index is 14.0. The molecule has 8 nitrogen and oxygen atoms in total. The van der Waals surface area contributed by atoms with Crippen molar-refractivity contribution in [2.75, 3.05) is 6.61 Å². The number of hydrogen-bond acceptors (Lipinski definition) is 7. The van der Waals surface area contributed by atoms with Crippen LogP contribution >= 0.6 is 0 Å². The Kier molecular flexibility index (Phi) is 4.28. The number of alkyl halides is 1. The highest BCUT2D eigenvalue weighted by molar-refractivity contribution is 5.07. The number of aliphatic hydroxyl groups excluding tert-OH is 3. The normalized spacial score (nSPS) is 32.6. The smallest absolute Gasteiger partial charge is 0.353 e. The molecule has 1 aromatic heterocycles.